The molecule has 1 aromatic carbocycles. The number of nitrogens with one attached hydrogen (secondary N) is 2. The third-order valence-corrected chi connectivity index (χ3v) is 5.17. The van der Waals surface area contributed by atoms with Crippen molar-refractivity contribution in [3.05, 3.63) is 38.0 Å². The topological polar surface area (TPSA) is 49.8 Å². The molecule has 0 unspecified atom stereocenters. The molecule has 1 fully saturated rings. The summed E-state index contributed by atoms with van der Waals surface area (Å²) in [6, 6.07) is 3.24. The number of hydrogen-bond acceptors (Lipinski definition) is 4. The molecule has 0 radical (unpaired) electrons. The van der Waals surface area contributed by atoms with Gasteiger partial charge in [0.2, 0.25) is 0 Å². The fraction of sp³-hybridized carbons (Fsp3) is 0.444. The zero-order valence-corrected chi connectivity index (χ0v) is 18.8. The molecule has 2 aromatic rings. The molecule has 148 valence electrons. The summed E-state index contributed by atoms with van der Waals surface area (Å²) in [5.74, 6) is 2.94. The second kappa shape index (κ2) is 9.71. The van der Waals surface area contributed by atoms with Crippen LogP contribution in [0.5, 0.6) is 0 Å². The van der Waals surface area contributed by atoms with Crippen LogP contribution in [0.2, 0.25) is 20.1 Å². The van der Waals surface area contributed by atoms with Crippen LogP contribution in [0.3, 0.4) is 0 Å². The Morgan fingerprint density at radius 2 is 1.63 bits per heavy atom. The Hall–Kier alpha value is -0.650. The average molecular weight is 471 g/mol. The molecule has 3 rings (SSSR count). The van der Waals surface area contributed by atoms with Crippen molar-refractivity contribution in [1.82, 2.24) is 9.97 Å². The summed E-state index contributed by atoms with van der Waals surface area (Å²) in [6.07, 6.45) is 3.23. The molecule has 27 heavy (non-hydrogen) atoms. The lowest BCUT2D eigenvalue weighted by atomic mass is 10.1. The molecule has 1 heterocycles. The Bertz CT molecular complexity index is 786. The highest BCUT2D eigenvalue weighted by Gasteiger charge is 2.22. The Morgan fingerprint density at radius 3 is 2.19 bits per heavy atom. The van der Waals surface area contributed by atoms with Crippen molar-refractivity contribution < 1.29 is 0 Å². The van der Waals surface area contributed by atoms with Crippen LogP contribution in [0, 0.1) is 11.8 Å². The molecule has 0 atom stereocenters. The van der Waals surface area contributed by atoms with Gasteiger partial charge < -0.3 is 10.6 Å². The molecular weight excluding hydrogens is 449 g/mol. The van der Waals surface area contributed by atoms with E-state index in [0.717, 1.165) is 13.0 Å². The fourth-order valence-electron chi connectivity index (χ4n) is 2.49. The monoisotopic (exact) mass is 468 g/mol. The van der Waals surface area contributed by atoms with E-state index in [-0.39, 0.29) is 12.4 Å². The molecule has 0 amide bonds. The molecule has 1 aliphatic rings. The lowest BCUT2D eigenvalue weighted by molar-refractivity contribution is 0.621. The van der Waals surface area contributed by atoms with Gasteiger partial charge in [-0.3, -0.25) is 0 Å². The SMILES string of the molecule is CC(C)Cc1nc(NCC2CC2)c(Cl)c(Nc2c(Cl)cc(Cl)cc2Cl)n1.Cl. The van der Waals surface area contributed by atoms with E-state index < -0.39 is 0 Å². The smallest absolute Gasteiger partial charge is 0.155 e. The van der Waals surface area contributed by atoms with Gasteiger partial charge in [-0.15, -0.1) is 12.4 Å². The van der Waals surface area contributed by atoms with Gasteiger partial charge in [-0.25, -0.2) is 9.97 Å². The second-order valence-electron chi connectivity index (χ2n) is 6.94. The van der Waals surface area contributed by atoms with Crippen molar-refractivity contribution in [2.75, 3.05) is 17.2 Å². The first kappa shape index (κ1) is 22.6. The lowest BCUT2D eigenvalue weighted by Crippen LogP contribution is -2.11. The van der Waals surface area contributed by atoms with Crippen LogP contribution in [0.1, 0.15) is 32.5 Å². The van der Waals surface area contributed by atoms with Crippen LogP contribution >= 0.6 is 58.8 Å². The maximum Gasteiger partial charge on any atom is 0.155 e. The van der Waals surface area contributed by atoms with Crippen molar-refractivity contribution in [3.63, 3.8) is 0 Å². The van der Waals surface area contributed by atoms with Crippen LogP contribution in [-0.2, 0) is 6.42 Å². The first-order chi connectivity index (χ1) is 12.3. The molecule has 2 N–H and O–H groups in total. The maximum atomic E-state index is 6.54. The number of aromatic nitrogens is 2. The van der Waals surface area contributed by atoms with Crippen molar-refractivity contribution >= 4 is 76.1 Å². The molecule has 9 heteroatoms. The molecule has 0 bridgehead atoms. The highest BCUT2D eigenvalue weighted by atomic mass is 35.5. The minimum Gasteiger partial charge on any atom is -0.368 e. The maximum absolute atomic E-state index is 6.54. The van der Waals surface area contributed by atoms with Crippen LogP contribution in [0.4, 0.5) is 17.3 Å². The number of anilines is 3. The largest absolute Gasteiger partial charge is 0.368 e. The minimum absolute atomic E-state index is 0. The van der Waals surface area contributed by atoms with E-state index in [4.69, 9.17) is 46.4 Å². The van der Waals surface area contributed by atoms with Gasteiger partial charge in [0.15, 0.2) is 11.6 Å². The van der Waals surface area contributed by atoms with Crippen molar-refractivity contribution in [2.45, 2.75) is 33.1 Å². The summed E-state index contributed by atoms with van der Waals surface area (Å²) in [6.45, 7) is 5.10. The number of halogens is 5. The third kappa shape index (κ3) is 6.16. The zero-order chi connectivity index (χ0) is 18.8. The average Bonchev–Trinajstić information content (AvgIpc) is 3.35. The first-order valence-corrected chi connectivity index (χ1v) is 10.1. The van der Waals surface area contributed by atoms with E-state index in [9.17, 15) is 0 Å². The molecular formula is C18H21Cl5N4. The van der Waals surface area contributed by atoms with Crippen LogP contribution in [0.25, 0.3) is 0 Å². The molecule has 1 aromatic heterocycles. The van der Waals surface area contributed by atoms with Gasteiger partial charge in [0, 0.05) is 18.0 Å². The summed E-state index contributed by atoms with van der Waals surface area (Å²) >= 11 is 25.1. The van der Waals surface area contributed by atoms with E-state index in [0.29, 0.717) is 55.1 Å². The second-order valence-corrected chi connectivity index (χ2v) is 8.57. The Kier molecular flexibility index (Phi) is 8.14. The lowest BCUT2D eigenvalue weighted by Gasteiger charge is -2.16. The number of nitrogens with zero attached hydrogens (tertiary/aromatic N) is 2. The van der Waals surface area contributed by atoms with Gasteiger partial charge in [-0.2, -0.15) is 0 Å². The predicted molar refractivity (Wildman–Crippen MR) is 119 cm³/mol. The van der Waals surface area contributed by atoms with Gasteiger partial charge in [0.25, 0.3) is 0 Å². The normalized spacial score (nSPS) is 13.4. The van der Waals surface area contributed by atoms with Crippen LogP contribution in [0.15, 0.2) is 12.1 Å². The summed E-state index contributed by atoms with van der Waals surface area (Å²) < 4.78 is 0. The van der Waals surface area contributed by atoms with E-state index >= 15 is 0 Å². The van der Waals surface area contributed by atoms with E-state index in [1.807, 2.05) is 0 Å². The molecule has 0 aliphatic heterocycles. The summed E-state index contributed by atoms with van der Waals surface area (Å²) in [4.78, 5) is 9.16. The molecule has 0 saturated heterocycles. The summed E-state index contributed by atoms with van der Waals surface area (Å²) in [7, 11) is 0. The van der Waals surface area contributed by atoms with E-state index in [1.54, 1.807) is 12.1 Å². The van der Waals surface area contributed by atoms with Gasteiger partial charge in [-0.05, 0) is 36.8 Å². The summed E-state index contributed by atoms with van der Waals surface area (Å²) in [5, 5.41) is 8.17. The fourth-order valence-corrected chi connectivity index (χ4v) is 3.60. The van der Waals surface area contributed by atoms with Gasteiger partial charge in [-0.1, -0.05) is 60.3 Å². The van der Waals surface area contributed by atoms with Crippen LogP contribution in [-0.4, -0.2) is 16.5 Å². The van der Waals surface area contributed by atoms with Gasteiger partial charge in [0.05, 0.1) is 15.7 Å². The quantitative estimate of drug-likeness (QED) is 0.446. The van der Waals surface area contributed by atoms with E-state index in [1.165, 1.54) is 12.8 Å². The molecule has 0 spiro atoms. The van der Waals surface area contributed by atoms with Crippen molar-refractivity contribution in [1.29, 1.82) is 0 Å². The van der Waals surface area contributed by atoms with E-state index in [2.05, 4.69) is 34.4 Å². The van der Waals surface area contributed by atoms with Gasteiger partial charge in [0.1, 0.15) is 10.8 Å². The van der Waals surface area contributed by atoms with Gasteiger partial charge >= 0.3 is 0 Å². The zero-order valence-electron chi connectivity index (χ0n) is 15.0. The third-order valence-electron chi connectivity index (χ3n) is 3.99. The Labute approximate surface area is 185 Å². The van der Waals surface area contributed by atoms with Crippen molar-refractivity contribution in [3.8, 4) is 0 Å². The predicted octanol–water partition coefficient (Wildman–Crippen LogP) is 7.28. The Balaban J connectivity index is 0.00000261. The Morgan fingerprint density at radius 1 is 1.04 bits per heavy atom. The number of rotatable bonds is 7. The number of benzene rings is 1. The highest BCUT2D eigenvalue weighted by molar-refractivity contribution is 6.42. The highest BCUT2D eigenvalue weighted by Crippen LogP contribution is 2.38. The summed E-state index contributed by atoms with van der Waals surface area (Å²) in [5.41, 5.74) is 0.516. The standard InChI is InChI=1S/C18H20Cl4N4.ClH/c1-9(2)5-14-24-17(23-8-10-3-4-10)15(22)18(25-14)26-16-12(20)6-11(19)7-13(16)21;/h6-7,9-10H,3-5,8H2,1-2H3,(H2,23,24,25,26);1H. The minimum atomic E-state index is 0. The number of hydrogen-bond donors (Lipinski definition) is 2. The van der Waals surface area contributed by atoms with Crippen LogP contribution < -0.4 is 10.6 Å². The molecule has 1 aliphatic carbocycles. The van der Waals surface area contributed by atoms with Crippen molar-refractivity contribution in [2.24, 2.45) is 11.8 Å². The first-order valence-electron chi connectivity index (χ1n) is 8.55. The molecule has 1 saturated carbocycles. The molecule has 4 nitrogen and oxygen atoms in total.